The lowest BCUT2D eigenvalue weighted by Gasteiger charge is -2.15. The van der Waals surface area contributed by atoms with Gasteiger partial charge < -0.3 is 9.47 Å². The molecule has 5 heteroatoms. The number of rotatable bonds is 3. The van der Waals surface area contributed by atoms with Gasteiger partial charge in [-0.3, -0.25) is 0 Å². The van der Waals surface area contributed by atoms with E-state index in [4.69, 9.17) is 14.6 Å². The maximum Gasteiger partial charge on any atom is 0.120 e. The third kappa shape index (κ3) is 2.47. The van der Waals surface area contributed by atoms with E-state index in [1.807, 2.05) is 46.8 Å². The summed E-state index contributed by atoms with van der Waals surface area (Å²) in [4.78, 5) is 1.22. The lowest BCUT2D eigenvalue weighted by Crippen LogP contribution is -1.96. The van der Waals surface area contributed by atoms with Crippen LogP contribution in [0.2, 0.25) is 0 Å². The second-order valence-corrected chi connectivity index (χ2v) is 6.31. The number of ether oxygens (including phenoxy) is 2. The first kappa shape index (κ1) is 14.2. The minimum atomic E-state index is 0.846. The molecule has 0 saturated carbocycles. The third-order valence-corrected chi connectivity index (χ3v) is 5.06. The normalized spacial score (nSPS) is 12.4. The van der Waals surface area contributed by atoms with E-state index in [0.29, 0.717) is 0 Å². The summed E-state index contributed by atoms with van der Waals surface area (Å²) in [5.74, 6) is 2.65. The fourth-order valence-electron chi connectivity index (χ4n) is 2.71. The van der Waals surface area contributed by atoms with Crippen molar-refractivity contribution in [3.05, 3.63) is 54.2 Å². The fourth-order valence-corrected chi connectivity index (χ4v) is 3.75. The summed E-state index contributed by atoms with van der Waals surface area (Å²) in [6.45, 7) is 0. The number of hydrogen-bond donors (Lipinski definition) is 0. The lowest BCUT2D eigenvalue weighted by atomic mass is 10.1. The van der Waals surface area contributed by atoms with Gasteiger partial charge in [-0.1, -0.05) is 0 Å². The Kier molecular flexibility index (Phi) is 3.50. The van der Waals surface area contributed by atoms with E-state index >= 15 is 0 Å². The molecule has 0 radical (unpaired) electrons. The summed E-state index contributed by atoms with van der Waals surface area (Å²) >= 11 is 1.82. The number of nitrogens with zero attached hydrogens (tertiary/aromatic N) is 2. The van der Waals surface area contributed by atoms with Crippen molar-refractivity contribution in [2.75, 3.05) is 14.2 Å². The van der Waals surface area contributed by atoms with Crippen LogP contribution in [-0.2, 0) is 5.75 Å². The van der Waals surface area contributed by atoms with Gasteiger partial charge in [-0.05, 0) is 42.5 Å². The molecule has 0 fully saturated rings. The van der Waals surface area contributed by atoms with E-state index in [-0.39, 0.29) is 0 Å². The molecule has 116 valence electrons. The summed E-state index contributed by atoms with van der Waals surface area (Å²) in [6, 6.07) is 14.1. The predicted molar refractivity (Wildman–Crippen MR) is 91.7 cm³/mol. The Morgan fingerprint density at radius 2 is 1.74 bits per heavy atom. The standard InChI is InChI=1S/C18H16N2O2S/c1-21-14-5-3-13(4-6-14)20-10-12-11-23-17-9-15(22-2)7-8-16(17)18(12)19-20/h3-10H,11H2,1-2H3. The number of methoxy groups -OCH3 is 2. The number of aromatic nitrogens is 2. The molecule has 4 nitrogen and oxygen atoms in total. The van der Waals surface area contributed by atoms with Gasteiger partial charge in [0.1, 0.15) is 11.5 Å². The van der Waals surface area contributed by atoms with Crippen molar-refractivity contribution >= 4 is 11.8 Å². The first-order valence-electron chi connectivity index (χ1n) is 7.32. The lowest BCUT2D eigenvalue weighted by molar-refractivity contribution is 0.414. The molecule has 0 atom stereocenters. The second kappa shape index (κ2) is 5.66. The SMILES string of the molecule is COc1ccc(-n2cc3c(n2)-c2ccc(OC)cc2SC3)cc1. The van der Waals surface area contributed by atoms with Crippen molar-refractivity contribution in [2.45, 2.75) is 10.6 Å². The molecule has 0 bridgehead atoms. The highest BCUT2D eigenvalue weighted by Gasteiger charge is 2.21. The number of thioether (sulfide) groups is 1. The van der Waals surface area contributed by atoms with Gasteiger partial charge in [-0.15, -0.1) is 11.8 Å². The molecule has 2 heterocycles. The Bertz CT molecular complexity index is 856. The Labute approximate surface area is 139 Å². The zero-order valence-electron chi connectivity index (χ0n) is 12.9. The summed E-state index contributed by atoms with van der Waals surface area (Å²) in [5.41, 5.74) is 4.50. The van der Waals surface area contributed by atoms with E-state index in [9.17, 15) is 0 Å². The predicted octanol–water partition coefficient (Wildman–Crippen LogP) is 4.16. The van der Waals surface area contributed by atoms with Gasteiger partial charge in [0.05, 0.1) is 25.6 Å². The minimum Gasteiger partial charge on any atom is -0.497 e. The van der Waals surface area contributed by atoms with Gasteiger partial charge in [0.2, 0.25) is 0 Å². The zero-order chi connectivity index (χ0) is 15.8. The van der Waals surface area contributed by atoms with E-state index in [0.717, 1.165) is 28.6 Å². The van der Waals surface area contributed by atoms with Gasteiger partial charge in [0.15, 0.2) is 0 Å². The largest absolute Gasteiger partial charge is 0.497 e. The minimum absolute atomic E-state index is 0.846. The van der Waals surface area contributed by atoms with Crippen molar-refractivity contribution in [2.24, 2.45) is 0 Å². The maximum absolute atomic E-state index is 5.31. The van der Waals surface area contributed by atoms with Crippen LogP contribution in [0.15, 0.2) is 53.6 Å². The third-order valence-electron chi connectivity index (χ3n) is 3.95. The summed E-state index contributed by atoms with van der Waals surface area (Å²) in [6.07, 6.45) is 2.11. The van der Waals surface area contributed by atoms with Crippen LogP contribution in [0.1, 0.15) is 5.56 Å². The van der Waals surface area contributed by atoms with E-state index in [1.165, 1.54) is 16.0 Å². The van der Waals surface area contributed by atoms with Crippen molar-refractivity contribution in [3.8, 4) is 28.4 Å². The Morgan fingerprint density at radius 3 is 2.48 bits per heavy atom. The second-order valence-electron chi connectivity index (χ2n) is 5.30. The molecule has 1 aliphatic heterocycles. The van der Waals surface area contributed by atoms with Crippen molar-refractivity contribution in [1.82, 2.24) is 9.78 Å². The Balaban J connectivity index is 1.75. The fraction of sp³-hybridized carbons (Fsp3) is 0.167. The Hall–Kier alpha value is -2.40. The quantitative estimate of drug-likeness (QED) is 0.725. The summed E-state index contributed by atoms with van der Waals surface area (Å²) in [5, 5.41) is 4.80. The number of benzene rings is 2. The van der Waals surface area contributed by atoms with E-state index < -0.39 is 0 Å². The van der Waals surface area contributed by atoms with Crippen LogP contribution in [-0.4, -0.2) is 24.0 Å². The molecule has 0 spiro atoms. The van der Waals surface area contributed by atoms with Crippen molar-refractivity contribution in [1.29, 1.82) is 0 Å². The highest BCUT2D eigenvalue weighted by atomic mass is 32.2. The van der Waals surface area contributed by atoms with Gasteiger partial charge in [0, 0.05) is 28.0 Å². The summed E-state index contributed by atoms with van der Waals surface area (Å²) < 4.78 is 12.5. The van der Waals surface area contributed by atoms with Gasteiger partial charge >= 0.3 is 0 Å². The molecule has 3 aromatic rings. The summed E-state index contributed by atoms with van der Waals surface area (Å²) in [7, 11) is 3.36. The van der Waals surface area contributed by atoms with Crippen LogP contribution in [0.5, 0.6) is 11.5 Å². The van der Waals surface area contributed by atoms with Crippen LogP contribution < -0.4 is 9.47 Å². The first-order chi connectivity index (χ1) is 11.3. The van der Waals surface area contributed by atoms with Crippen LogP contribution >= 0.6 is 11.8 Å². The Morgan fingerprint density at radius 1 is 1.00 bits per heavy atom. The first-order valence-corrected chi connectivity index (χ1v) is 8.31. The molecule has 0 aliphatic carbocycles. The molecular formula is C18H16N2O2S. The monoisotopic (exact) mass is 324 g/mol. The smallest absolute Gasteiger partial charge is 0.120 e. The van der Waals surface area contributed by atoms with E-state index in [1.54, 1.807) is 14.2 Å². The molecule has 1 aromatic heterocycles. The molecule has 23 heavy (non-hydrogen) atoms. The highest BCUT2D eigenvalue weighted by molar-refractivity contribution is 7.98. The van der Waals surface area contributed by atoms with Crippen molar-refractivity contribution in [3.63, 3.8) is 0 Å². The molecule has 1 aliphatic rings. The topological polar surface area (TPSA) is 36.3 Å². The molecule has 0 N–H and O–H groups in total. The van der Waals surface area contributed by atoms with Gasteiger partial charge in [-0.2, -0.15) is 5.10 Å². The van der Waals surface area contributed by atoms with Crippen molar-refractivity contribution < 1.29 is 9.47 Å². The van der Waals surface area contributed by atoms with Crippen LogP contribution in [0, 0.1) is 0 Å². The molecular weight excluding hydrogens is 308 g/mol. The zero-order valence-corrected chi connectivity index (χ0v) is 13.8. The van der Waals surface area contributed by atoms with Gasteiger partial charge in [0.25, 0.3) is 0 Å². The molecule has 0 unspecified atom stereocenters. The molecule has 2 aromatic carbocycles. The van der Waals surface area contributed by atoms with Crippen LogP contribution in [0.3, 0.4) is 0 Å². The maximum atomic E-state index is 5.31. The highest BCUT2D eigenvalue weighted by Crippen LogP contribution is 2.42. The molecule has 4 rings (SSSR count). The van der Waals surface area contributed by atoms with Gasteiger partial charge in [-0.25, -0.2) is 4.68 Å². The number of hydrogen-bond acceptors (Lipinski definition) is 4. The average molecular weight is 324 g/mol. The molecule has 0 amide bonds. The molecule has 0 saturated heterocycles. The average Bonchev–Trinajstić information content (AvgIpc) is 3.06. The number of fused-ring (bicyclic) bond motifs is 3. The van der Waals surface area contributed by atoms with Crippen LogP contribution in [0.4, 0.5) is 0 Å². The van der Waals surface area contributed by atoms with E-state index in [2.05, 4.69) is 18.3 Å². The van der Waals surface area contributed by atoms with Crippen LogP contribution in [0.25, 0.3) is 16.9 Å².